The number of Topliss-reactive ketones (excluding diaryl/α,β-unsaturated/α-hetero) is 1. The zero-order chi connectivity index (χ0) is 21.1. The van der Waals surface area contributed by atoms with E-state index in [1.807, 2.05) is 31.2 Å². The highest BCUT2D eigenvalue weighted by atomic mass is 35.5. The van der Waals surface area contributed by atoms with Gasteiger partial charge in [0.1, 0.15) is 17.2 Å². The first-order valence-electron chi connectivity index (χ1n) is 9.33. The number of benzene rings is 3. The largest absolute Gasteiger partial charge is 0.493 e. The molecule has 0 spiro atoms. The molecular weight excluding hydrogens is 404 g/mol. The number of rotatable bonds is 5. The molecule has 1 aliphatic rings. The molecule has 0 radical (unpaired) electrons. The first-order chi connectivity index (χ1) is 14.5. The summed E-state index contributed by atoms with van der Waals surface area (Å²) in [5, 5.41) is 0.529. The highest BCUT2D eigenvalue weighted by molar-refractivity contribution is 6.30. The molecule has 3 aromatic rings. The predicted molar refractivity (Wildman–Crippen MR) is 113 cm³/mol. The van der Waals surface area contributed by atoms with Crippen LogP contribution in [0.4, 0.5) is 0 Å². The van der Waals surface area contributed by atoms with Crippen molar-refractivity contribution >= 4 is 29.4 Å². The van der Waals surface area contributed by atoms with Gasteiger partial charge in [0, 0.05) is 16.7 Å². The molecule has 0 aliphatic carbocycles. The Balaban J connectivity index is 1.55. The van der Waals surface area contributed by atoms with Crippen molar-refractivity contribution in [2.24, 2.45) is 0 Å². The predicted octanol–water partition coefficient (Wildman–Crippen LogP) is 5.57. The van der Waals surface area contributed by atoms with E-state index in [9.17, 15) is 9.59 Å². The van der Waals surface area contributed by atoms with Crippen LogP contribution in [0.25, 0.3) is 6.08 Å². The third-order valence-corrected chi connectivity index (χ3v) is 4.69. The first kappa shape index (κ1) is 19.7. The lowest BCUT2D eigenvalue weighted by Crippen LogP contribution is -2.08. The van der Waals surface area contributed by atoms with E-state index < -0.39 is 5.97 Å². The highest BCUT2D eigenvalue weighted by Gasteiger charge is 2.28. The molecule has 0 bridgehead atoms. The van der Waals surface area contributed by atoms with Gasteiger partial charge in [-0.15, -0.1) is 0 Å². The van der Waals surface area contributed by atoms with Crippen molar-refractivity contribution in [2.45, 2.75) is 6.92 Å². The minimum absolute atomic E-state index is 0.179. The van der Waals surface area contributed by atoms with E-state index in [2.05, 4.69) is 0 Å². The van der Waals surface area contributed by atoms with Crippen LogP contribution in [0, 0.1) is 0 Å². The number of ketones is 1. The molecule has 30 heavy (non-hydrogen) atoms. The van der Waals surface area contributed by atoms with Crippen molar-refractivity contribution < 1.29 is 23.8 Å². The van der Waals surface area contributed by atoms with Gasteiger partial charge in [-0.1, -0.05) is 29.8 Å². The maximum atomic E-state index is 12.7. The molecule has 0 saturated heterocycles. The molecule has 0 atom stereocenters. The molecule has 1 aliphatic heterocycles. The summed E-state index contributed by atoms with van der Waals surface area (Å²) in [6.45, 7) is 2.40. The number of esters is 1. The van der Waals surface area contributed by atoms with Gasteiger partial charge in [-0.3, -0.25) is 4.79 Å². The van der Waals surface area contributed by atoms with Gasteiger partial charge >= 0.3 is 5.97 Å². The molecule has 0 N–H and O–H groups in total. The van der Waals surface area contributed by atoms with Crippen molar-refractivity contribution in [3.8, 4) is 17.2 Å². The van der Waals surface area contributed by atoms with Crippen molar-refractivity contribution in [3.05, 3.63) is 94.2 Å². The fourth-order valence-corrected chi connectivity index (χ4v) is 3.14. The lowest BCUT2D eigenvalue weighted by molar-refractivity contribution is 0.0734. The Morgan fingerprint density at radius 3 is 2.60 bits per heavy atom. The van der Waals surface area contributed by atoms with Crippen LogP contribution in [0.5, 0.6) is 17.2 Å². The van der Waals surface area contributed by atoms with Crippen LogP contribution in [-0.2, 0) is 0 Å². The monoisotopic (exact) mass is 420 g/mol. The topological polar surface area (TPSA) is 61.8 Å². The van der Waals surface area contributed by atoms with E-state index in [-0.39, 0.29) is 17.3 Å². The molecular formula is C24H17ClO5. The molecule has 4 rings (SSSR count). The van der Waals surface area contributed by atoms with Crippen LogP contribution < -0.4 is 14.2 Å². The molecule has 0 saturated carbocycles. The molecule has 0 fully saturated rings. The standard InChI is InChI=1S/C24H17ClO5/c1-2-28-20-6-4-3-5-16(20)13-22-23(26)19-12-11-18(14-21(19)30-22)29-24(27)15-7-9-17(25)10-8-15/h3-14H,2H2,1H3. The number of allylic oxidation sites excluding steroid dienone is 1. The van der Waals surface area contributed by atoms with Gasteiger partial charge in [-0.25, -0.2) is 4.79 Å². The minimum atomic E-state index is -0.530. The highest BCUT2D eigenvalue weighted by Crippen LogP contribution is 2.36. The maximum Gasteiger partial charge on any atom is 0.343 e. The second-order valence-electron chi connectivity index (χ2n) is 6.46. The number of hydrogen-bond donors (Lipinski definition) is 0. The Labute approximate surface area is 178 Å². The summed E-state index contributed by atoms with van der Waals surface area (Å²) >= 11 is 5.84. The van der Waals surface area contributed by atoms with Crippen LogP contribution in [-0.4, -0.2) is 18.4 Å². The number of fused-ring (bicyclic) bond motifs is 1. The van der Waals surface area contributed by atoms with Crippen LogP contribution in [0.1, 0.15) is 33.2 Å². The van der Waals surface area contributed by atoms with Crippen molar-refractivity contribution in [1.29, 1.82) is 0 Å². The molecule has 0 amide bonds. The summed E-state index contributed by atoms with van der Waals surface area (Å²) in [4.78, 5) is 25.0. The summed E-state index contributed by atoms with van der Waals surface area (Å²) in [5.41, 5.74) is 1.51. The van der Waals surface area contributed by atoms with Gasteiger partial charge in [-0.2, -0.15) is 0 Å². The summed E-state index contributed by atoms with van der Waals surface area (Å²) in [5.74, 6) is 0.680. The second kappa shape index (κ2) is 8.43. The van der Waals surface area contributed by atoms with E-state index in [4.69, 9.17) is 25.8 Å². The molecule has 6 heteroatoms. The third kappa shape index (κ3) is 4.07. The number of carbonyl (C=O) groups is 2. The Morgan fingerprint density at radius 1 is 1.07 bits per heavy atom. The Hall–Kier alpha value is -3.57. The molecule has 150 valence electrons. The molecule has 5 nitrogen and oxygen atoms in total. The summed E-state index contributed by atoms with van der Waals surface area (Å²) in [6.07, 6.45) is 1.65. The molecule has 0 unspecified atom stereocenters. The van der Waals surface area contributed by atoms with Crippen LogP contribution in [0.3, 0.4) is 0 Å². The number of hydrogen-bond acceptors (Lipinski definition) is 5. The Morgan fingerprint density at radius 2 is 1.83 bits per heavy atom. The van der Waals surface area contributed by atoms with E-state index >= 15 is 0 Å². The summed E-state index contributed by atoms with van der Waals surface area (Å²) in [7, 11) is 0. The fourth-order valence-electron chi connectivity index (χ4n) is 3.01. The zero-order valence-corrected chi connectivity index (χ0v) is 16.8. The number of para-hydroxylation sites is 1. The average Bonchev–Trinajstić information content (AvgIpc) is 3.05. The summed E-state index contributed by atoms with van der Waals surface area (Å²) < 4.78 is 16.7. The van der Waals surface area contributed by atoms with Crippen LogP contribution >= 0.6 is 11.6 Å². The van der Waals surface area contributed by atoms with Gasteiger partial charge in [-0.05, 0) is 55.5 Å². The number of ether oxygens (including phenoxy) is 3. The van der Waals surface area contributed by atoms with Gasteiger partial charge in [0.15, 0.2) is 5.76 Å². The Kier molecular flexibility index (Phi) is 5.55. The lowest BCUT2D eigenvalue weighted by Gasteiger charge is -2.07. The number of carbonyl (C=O) groups excluding carboxylic acids is 2. The molecule has 3 aromatic carbocycles. The fraction of sp³-hybridized carbons (Fsp3) is 0.0833. The minimum Gasteiger partial charge on any atom is -0.493 e. The van der Waals surface area contributed by atoms with Crippen LogP contribution in [0.2, 0.25) is 5.02 Å². The van der Waals surface area contributed by atoms with E-state index in [1.165, 1.54) is 6.07 Å². The van der Waals surface area contributed by atoms with Gasteiger partial charge in [0.2, 0.25) is 5.78 Å². The third-order valence-electron chi connectivity index (χ3n) is 4.44. The van der Waals surface area contributed by atoms with Crippen molar-refractivity contribution in [3.63, 3.8) is 0 Å². The van der Waals surface area contributed by atoms with Gasteiger partial charge in [0.25, 0.3) is 0 Å². The average molecular weight is 421 g/mol. The quantitative estimate of drug-likeness (QED) is 0.306. The number of halogens is 1. The van der Waals surface area contributed by atoms with E-state index in [0.29, 0.717) is 34.3 Å². The van der Waals surface area contributed by atoms with Gasteiger partial charge < -0.3 is 14.2 Å². The first-order valence-corrected chi connectivity index (χ1v) is 9.71. The van der Waals surface area contributed by atoms with E-state index in [0.717, 1.165) is 5.56 Å². The zero-order valence-electron chi connectivity index (χ0n) is 16.1. The lowest BCUT2D eigenvalue weighted by atomic mass is 10.1. The molecule has 1 heterocycles. The molecule has 0 aromatic heterocycles. The van der Waals surface area contributed by atoms with Gasteiger partial charge in [0.05, 0.1) is 17.7 Å². The smallest absolute Gasteiger partial charge is 0.343 e. The van der Waals surface area contributed by atoms with Crippen molar-refractivity contribution in [1.82, 2.24) is 0 Å². The second-order valence-corrected chi connectivity index (χ2v) is 6.90. The maximum absolute atomic E-state index is 12.7. The van der Waals surface area contributed by atoms with E-state index in [1.54, 1.807) is 42.5 Å². The SMILES string of the molecule is CCOc1ccccc1C=C1Oc2cc(OC(=O)c3ccc(Cl)cc3)ccc2C1=O. The van der Waals surface area contributed by atoms with Crippen LogP contribution in [0.15, 0.2) is 72.5 Å². The summed E-state index contributed by atoms with van der Waals surface area (Å²) in [6, 6.07) is 18.4. The Bertz CT molecular complexity index is 1150. The normalized spacial score (nSPS) is 13.7. The van der Waals surface area contributed by atoms with Crippen molar-refractivity contribution in [2.75, 3.05) is 6.61 Å².